The van der Waals surface area contributed by atoms with Gasteiger partial charge in [-0.1, -0.05) is 18.2 Å². The maximum Gasteiger partial charge on any atom is 0.416 e. The molecule has 0 saturated carbocycles. The molecule has 0 aliphatic carbocycles. The summed E-state index contributed by atoms with van der Waals surface area (Å²) < 4.78 is 10.5. The van der Waals surface area contributed by atoms with Crippen molar-refractivity contribution in [2.45, 2.75) is 46.1 Å². The van der Waals surface area contributed by atoms with Crippen molar-refractivity contribution in [3.63, 3.8) is 0 Å². The molecule has 1 aromatic carbocycles. The first-order valence-corrected chi connectivity index (χ1v) is 9.48. The number of esters is 1. The first kappa shape index (κ1) is 21.4. The van der Waals surface area contributed by atoms with Crippen molar-refractivity contribution in [2.24, 2.45) is 0 Å². The summed E-state index contributed by atoms with van der Waals surface area (Å²) in [5.74, 6) is 0.245. The van der Waals surface area contributed by atoms with Gasteiger partial charge in [-0.05, 0) is 70.4 Å². The molecule has 1 aromatic heterocycles. The smallest absolute Gasteiger partial charge is 0.416 e. The Morgan fingerprint density at radius 3 is 2.36 bits per heavy atom. The highest BCUT2D eigenvalue weighted by Gasteiger charge is 2.23. The Balaban J connectivity index is 1.99. The summed E-state index contributed by atoms with van der Waals surface area (Å²) in [6.45, 7) is 8.14. The Hall–Kier alpha value is -2.89. The molecular formula is C22H28N2O4. The molecule has 2 aromatic rings. The van der Waals surface area contributed by atoms with Crippen LogP contribution in [-0.2, 0) is 15.9 Å². The number of aromatic nitrogens is 1. The van der Waals surface area contributed by atoms with Crippen LogP contribution >= 0.6 is 0 Å². The van der Waals surface area contributed by atoms with Crippen molar-refractivity contribution < 1.29 is 19.1 Å². The predicted molar refractivity (Wildman–Crippen MR) is 109 cm³/mol. The van der Waals surface area contributed by atoms with Crippen molar-refractivity contribution in [3.05, 3.63) is 59.8 Å². The van der Waals surface area contributed by atoms with Crippen LogP contribution in [0.4, 0.5) is 10.6 Å². The second-order valence-electron chi connectivity index (χ2n) is 7.34. The van der Waals surface area contributed by atoms with Crippen molar-refractivity contribution in [1.82, 2.24) is 4.98 Å². The summed E-state index contributed by atoms with van der Waals surface area (Å²) in [6.07, 6.45) is 2.73. The summed E-state index contributed by atoms with van der Waals surface area (Å²) in [6, 6.07) is 12.8. The van der Waals surface area contributed by atoms with E-state index in [0.717, 1.165) is 18.4 Å². The first-order valence-electron chi connectivity index (χ1n) is 9.48. The van der Waals surface area contributed by atoms with Crippen LogP contribution in [-0.4, -0.2) is 35.8 Å². The molecule has 0 N–H and O–H groups in total. The van der Waals surface area contributed by atoms with Crippen LogP contribution in [0.5, 0.6) is 0 Å². The van der Waals surface area contributed by atoms with Crippen LogP contribution in [0.3, 0.4) is 0 Å². The molecule has 6 nitrogen and oxygen atoms in total. The standard InChI is InChI=1S/C22H28N2O4/c1-5-27-20(25)18-13-11-17(12-14-18)9-8-16-24(19-10-6-7-15-23-19)21(26)28-22(2,3)4/h6-7,10-15H,5,8-9,16H2,1-4H3. The second-order valence-corrected chi connectivity index (χ2v) is 7.34. The number of hydrogen-bond acceptors (Lipinski definition) is 5. The van der Waals surface area contributed by atoms with E-state index in [4.69, 9.17) is 9.47 Å². The zero-order valence-electron chi connectivity index (χ0n) is 17.0. The van der Waals surface area contributed by atoms with Crippen LogP contribution in [0.15, 0.2) is 48.7 Å². The predicted octanol–water partition coefficient (Wildman–Crippen LogP) is 4.63. The highest BCUT2D eigenvalue weighted by Crippen LogP contribution is 2.17. The number of ether oxygens (including phenoxy) is 2. The fraction of sp³-hybridized carbons (Fsp3) is 0.409. The molecule has 0 bridgehead atoms. The third-order valence-electron chi connectivity index (χ3n) is 3.85. The molecule has 0 aliphatic rings. The van der Waals surface area contributed by atoms with Crippen molar-refractivity contribution in [3.8, 4) is 0 Å². The lowest BCUT2D eigenvalue weighted by Crippen LogP contribution is -2.38. The van der Waals surface area contributed by atoms with Crippen molar-refractivity contribution in [1.29, 1.82) is 0 Å². The lowest BCUT2D eigenvalue weighted by Gasteiger charge is -2.26. The van der Waals surface area contributed by atoms with Gasteiger partial charge in [0.25, 0.3) is 0 Å². The van der Waals surface area contributed by atoms with Gasteiger partial charge in [-0.3, -0.25) is 4.90 Å². The highest BCUT2D eigenvalue weighted by molar-refractivity contribution is 5.89. The van der Waals surface area contributed by atoms with Gasteiger partial charge < -0.3 is 9.47 Å². The van der Waals surface area contributed by atoms with E-state index >= 15 is 0 Å². The number of benzene rings is 1. The van der Waals surface area contributed by atoms with E-state index in [1.807, 2.05) is 45.0 Å². The SMILES string of the molecule is CCOC(=O)c1ccc(CCCN(C(=O)OC(C)(C)C)c2ccccn2)cc1. The Kier molecular flexibility index (Phi) is 7.55. The molecular weight excluding hydrogens is 356 g/mol. The van der Waals surface area contributed by atoms with E-state index in [-0.39, 0.29) is 5.97 Å². The van der Waals surface area contributed by atoms with Gasteiger partial charge in [0.15, 0.2) is 0 Å². The summed E-state index contributed by atoms with van der Waals surface area (Å²) in [7, 11) is 0. The molecule has 0 fully saturated rings. The van der Waals surface area contributed by atoms with Gasteiger partial charge in [0.05, 0.1) is 12.2 Å². The minimum absolute atomic E-state index is 0.319. The van der Waals surface area contributed by atoms with Crippen LogP contribution in [0.25, 0.3) is 0 Å². The van der Waals surface area contributed by atoms with Gasteiger partial charge in [0, 0.05) is 12.7 Å². The molecule has 0 unspecified atom stereocenters. The van der Waals surface area contributed by atoms with Gasteiger partial charge >= 0.3 is 12.1 Å². The third-order valence-corrected chi connectivity index (χ3v) is 3.85. The molecule has 1 heterocycles. The van der Waals surface area contributed by atoms with Crippen molar-refractivity contribution >= 4 is 17.9 Å². The third kappa shape index (κ3) is 6.68. The Labute approximate surface area is 166 Å². The zero-order valence-corrected chi connectivity index (χ0v) is 17.0. The number of pyridine rings is 1. The van der Waals surface area contributed by atoms with Crippen LogP contribution < -0.4 is 4.90 Å². The summed E-state index contributed by atoms with van der Waals surface area (Å²) >= 11 is 0. The Morgan fingerprint density at radius 1 is 1.07 bits per heavy atom. The van der Waals surface area contributed by atoms with E-state index in [1.165, 1.54) is 0 Å². The fourth-order valence-corrected chi connectivity index (χ4v) is 2.59. The minimum atomic E-state index is -0.576. The van der Waals surface area contributed by atoms with E-state index < -0.39 is 11.7 Å². The summed E-state index contributed by atoms with van der Waals surface area (Å²) in [4.78, 5) is 30.1. The van der Waals surface area contributed by atoms with Crippen LogP contribution in [0, 0.1) is 0 Å². The summed E-state index contributed by atoms with van der Waals surface area (Å²) in [5, 5.41) is 0. The van der Waals surface area contributed by atoms with Gasteiger partial charge in [0.1, 0.15) is 11.4 Å². The number of carbonyl (C=O) groups excluding carboxylic acids is 2. The number of carbonyl (C=O) groups is 2. The Morgan fingerprint density at radius 2 is 1.79 bits per heavy atom. The minimum Gasteiger partial charge on any atom is -0.462 e. The van der Waals surface area contributed by atoms with E-state index in [2.05, 4.69) is 4.98 Å². The van der Waals surface area contributed by atoms with Crippen LogP contribution in [0.2, 0.25) is 0 Å². The maximum atomic E-state index is 12.6. The van der Waals surface area contributed by atoms with Crippen LogP contribution in [0.1, 0.15) is 50.0 Å². The topological polar surface area (TPSA) is 68.7 Å². The normalized spacial score (nSPS) is 11.0. The molecule has 0 spiro atoms. The summed E-state index contributed by atoms with van der Waals surface area (Å²) in [5.41, 5.74) is 1.04. The average molecular weight is 384 g/mol. The first-order chi connectivity index (χ1) is 13.3. The van der Waals surface area contributed by atoms with E-state index in [0.29, 0.717) is 24.5 Å². The van der Waals surface area contributed by atoms with Gasteiger partial charge in [-0.15, -0.1) is 0 Å². The molecule has 1 amide bonds. The van der Waals surface area contributed by atoms with Gasteiger partial charge in [-0.25, -0.2) is 14.6 Å². The monoisotopic (exact) mass is 384 g/mol. The fourth-order valence-electron chi connectivity index (χ4n) is 2.59. The number of hydrogen-bond donors (Lipinski definition) is 0. The number of aryl methyl sites for hydroxylation is 1. The number of amides is 1. The van der Waals surface area contributed by atoms with Crippen molar-refractivity contribution in [2.75, 3.05) is 18.1 Å². The molecule has 2 rings (SSSR count). The lowest BCUT2D eigenvalue weighted by atomic mass is 10.1. The maximum absolute atomic E-state index is 12.6. The molecule has 0 aliphatic heterocycles. The van der Waals surface area contributed by atoms with E-state index in [9.17, 15) is 9.59 Å². The highest BCUT2D eigenvalue weighted by atomic mass is 16.6. The number of anilines is 1. The van der Waals surface area contributed by atoms with Gasteiger partial charge in [-0.2, -0.15) is 0 Å². The Bertz CT molecular complexity index is 767. The second kappa shape index (κ2) is 9.88. The average Bonchev–Trinajstić information content (AvgIpc) is 2.65. The molecule has 6 heteroatoms. The molecule has 0 radical (unpaired) electrons. The van der Waals surface area contributed by atoms with Gasteiger partial charge in [0.2, 0.25) is 0 Å². The quantitative estimate of drug-likeness (QED) is 0.651. The number of rotatable bonds is 7. The molecule has 0 atom stereocenters. The largest absolute Gasteiger partial charge is 0.462 e. The van der Waals surface area contributed by atoms with E-state index in [1.54, 1.807) is 36.2 Å². The molecule has 150 valence electrons. The number of nitrogens with zero attached hydrogens (tertiary/aromatic N) is 2. The molecule has 0 saturated heterocycles. The zero-order chi connectivity index (χ0) is 20.6. The molecule has 28 heavy (non-hydrogen) atoms. The lowest BCUT2D eigenvalue weighted by molar-refractivity contribution is 0.0524.